The Morgan fingerprint density at radius 3 is 2.73 bits per heavy atom. The molecular weight excluding hydrogens is 296 g/mol. The third-order valence-electron chi connectivity index (χ3n) is 3.48. The maximum Gasteiger partial charge on any atom is 0.134 e. The first-order chi connectivity index (χ1) is 10.6. The zero-order valence-electron chi connectivity index (χ0n) is 13.4. The summed E-state index contributed by atoms with van der Waals surface area (Å²) in [5.74, 6) is 2.54. The second kappa shape index (κ2) is 7.99. The first kappa shape index (κ1) is 16.6. The largest absolute Gasteiger partial charge is 0.366 e. The van der Waals surface area contributed by atoms with E-state index in [4.69, 9.17) is 11.6 Å². The van der Waals surface area contributed by atoms with Gasteiger partial charge in [0, 0.05) is 31.2 Å². The van der Waals surface area contributed by atoms with Gasteiger partial charge in [-0.25, -0.2) is 9.97 Å². The Bertz CT molecular complexity index is 615. The van der Waals surface area contributed by atoms with Crippen LogP contribution in [0.1, 0.15) is 31.2 Å². The highest BCUT2D eigenvalue weighted by Crippen LogP contribution is 2.19. The molecule has 0 saturated carbocycles. The Balaban J connectivity index is 2.08. The molecular formula is C17H23ClN4. The molecule has 1 aromatic carbocycles. The van der Waals surface area contributed by atoms with E-state index in [-0.39, 0.29) is 0 Å². The van der Waals surface area contributed by atoms with E-state index in [1.807, 2.05) is 37.3 Å². The number of unbranched alkanes of at least 4 members (excludes halogenated alkanes) is 1. The maximum atomic E-state index is 6.18. The highest BCUT2D eigenvalue weighted by Gasteiger charge is 2.07. The van der Waals surface area contributed by atoms with Crippen LogP contribution in [0.4, 0.5) is 11.6 Å². The van der Waals surface area contributed by atoms with Crippen molar-refractivity contribution in [3.63, 3.8) is 0 Å². The summed E-state index contributed by atoms with van der Waals surface area (Å²) < 4.78 is 0. The minimum Gasteiger partial charge on any atom is -0.366 e. The number of nitrogens with one attached hydrogen (secondary N) is 1. The molecule has 2 rings (SSSR count). The van der Waals surface area contributed by atoms with E-state index in [0.717, 1.165) is 41.0 Å². The number of benzene rings is 1. The Morgan fingerprint density at radius 1 is 1.23 bits per heavy atom. The second-order valence-electron chi connectivity index (χ2n) is 5.38. The topological polar surface area (TPSA) is 41.0 Å². The van der Waals surface area contributed by atoms with Crippen LogP contribution in [0.5, 0.6) is 0 Å². The van der Waals surface area contributed by atoms with Crippen LogP contribution in [-0.4, -0.2) is 23.6 Å². The van der Waals surface area contributed by atoms with Gasteiger partial charge in [-0.3, -0.25) is 0 Å². The molecule has 0 spiro atoms. The zero-order valence-corrected chi connectivity index (χ0v) is 14.2. The van der Waals surface area contributed by atoms with E-state index < -0.39 is 0 Å². The van der Waals surface area contributed by atoms with E-state index in [1.54, 1.807) is 0 Å². The number of hydrogen-bond donors (Lipinski definition) is 1. The van der Waals surface area contributed by atoms with Gasteiger partial charge in [0.1, 0.15) is 17.5 Å². The highest BCUT2D eigenvalue weighted by molar-refractivity contribution is 6.31. The van der Waals surface area contributed by atoms with Gasteiger partial charge in [-0.15, -0.1) is 0 Å². The molecule has 4 nitrogen and oxygen atoms in total. The Morgan fingerprint density at radius 2 is 2.00 bits per heavy atom. The molecule has 0 aliphatic heterocycles. The van der Waals surface area contributed by atoms with E-state index in [0.29, 0.717) is 6.54 Å². The van der Waals surface area contributed by atoms with Gasteiger partial charge < -0.3 is 10.2 Å². The molecule has 0 atom stereocenters. The van der Waals surface area contributed by atoms with Gasteiger partial charge in [-0.2, -0.15) is 0 Å². The van der Waals surface area contributed by atoms with Crippen LogP contribution in [0.2, 0.25) is 5.02 Å². The van der Waals surface area contributed by atoms with Crippen LogP contribution < -0.4 is 10.2 Å². The van der Waals surface area contributed by atoms with E-state index in [9.17, 15) is 0 Å². The molecule has 0 aliphatic carbocycles. The first-order valence-electron chi connectivity index (χ1n) is 7.64. The molecule has 5 heteroatoms. The van der Waals surface area contributed by atoms with Crippen LogP contribution in [0.3, 0.4) is 0 Å². The van der Waals surface area contributed by atoms with Crippen molar-refractivity contribution in [2.24, 2.45) is 0 Å². The number of aromatic nitrogens is 2. The van der Waals surface area contributed by atoms with Crippen molar-refractivity contribution in [2.75, 3.05) is 23.8 Å². The van der Waals surface area contributed by atoms with Crippen LogP contribution in [-0.2, 0) is 6.54 Å². The number of aryl methyl sites for hydroxylation is 1. The molecule has 0 radical (unpaired) electrons. The highest BCUT2D eigenvalue weighted by atomic mass is 35.5. The Kier molecular flexibility index (Phi) is 6.01. The zero-order chi connectivity index (χ0) is 15.9. The number of anilines is 2. The van der Waals surface area contributed by atoms with E-state index >= 15 is 0 Å². The lowest BCUT2D eigenvalue weighted by atomic mass is 10.2. The quantitative estimate of drug-likeness (QED) is 0.827. The van der Waals surface area contributed by atoms with Gasteiger partial charge in [-0.1, -0.05) is 43.1 Å². The lowest BCUT2D eigenvalue weighted by Crippen LogP contribution is -2.20. The van der Waals surface area contributed by atoms with Crippen molar-refractivity contribution in [3.05, 3.63) is 46.7 Å². The Hall–Kier alpha value is -1.81. The normalized spacial score (nSPS) is 10.5. The average Bonchev–Trinajstić information content (AvgIpc) is 2.51. The molecule has 1 N–H and O–H groups in total. The summed E-state index contributed by atoms with van der Waals surface area (Å²) >= 11 is 6.18. The van der Waals surface area contributed by atoms with Crippen LogP contribution in [0.25, 0.3) is 0 Å². The molecule has 0 fully saturated rings. The fourth-order valence-corrected chi connectivity index (χ4v) is 2.38. The van der Waals surface area contributed by atoms with Crippen molar-refractivity contribution in [3.8, 4) is 0 Å². The van der Waals surface area contributed by atoms with Gasteiger partial charge in [0.05, 0.1) is 0 Å². The summed E-state index contributed by atoms with van der Waals surface area (Å²) in [7, 11) is 2.06. The van der Waals surface area contributed by atoms with Crippen molar-refractivity contribution in [1.82, 2.24) is 9.97 Å². The molecule has 0 aliphatic rings. The minimum absolute atomic E-state index is 0.647. The maximum absolute atomic E-state index is 6.18. The van der Waals surface area contributed by atoms with Crippen LogP contribution in [0, 0.1) is 6.92 Å². The van der Waals surface area contributed by atoms with Crippen molar-refractivity contribution >= 4 is 23.2 Å². The average molecular weight is 319 g/mol. The number of nitrogens with zero attached hydrogens (tertiary/aromatic N) is 3. The third kappa shape index (κ3) is 4.60. The summed E-state index contributed by atoms with van der Waals surface area (Å²) in [6.45, 7) is 5.75. The van der Waals surface area contributed by atoms with E-state index in [2.05, 4.69) is 34.2 Å². The molecule has 22 heavy (non-hydrogen) atoms. The van der Waals surface area contributed by atoms with Crippen LogP contribution >= 0.6 is 11.6 Å². The lowest BCUT2D eigenvalue weighted by Gasteiger charge is -2.19. The monoisotopic (exact) mass is 318 g/mol. The molecule has 0 unspecified atom stereocenters. The molecule has 0 saturated heterocycles. The lowest BCUT2D eigenvalue weighted by molar-refractivity contribution is 0.756. The third-order valence-corrected chi connectivity index (χ3v) is 3.85. The SMILES string of the molecule is CCCCN(C)c1cc(NCc2ccccc2Cl)nc(C)n1. The van der Waals surface area contributed by atoms with Gasteiger partial charge in [0.2, 0.25) is 0 Å². The van der Waals surface area contributed by atoms with Crippen molar-refractivity contribution in [1.29, 1.82) is 0 Å². The minimum atomic E-state index is 0.647. The molecule has 0 bridgehead atoms. The van der Waals surface area contributed by atoms with Gasteiger partial charge >= 0.3 is 0 Å². The first-order valence-corrected chi connectivity index (χ1v) is 8.02. The smallest absolute Gasteiger partial charge is 0.134 e. The summed E-state index contributed by atoms with van der Waals surface area (Å²) in [5, 5.41) is 4.10. The Labute approximate surface area is 137 Å². The number of rotatable bonds is 7. The summed E-state index contributed by atoms with van der Waals surface area (Å²) in [5.41, 5.74) is 1.06. The van der Waals surface area contributed by atoms with Crippen molar-refractivity contribution < 1.29 is 0 Å². The van der Waals surface area contributed by atoms with Gasteiger partial charge in [-0.05, 0) is 25.0 Å². The fourth-order valence-electron chi connectivity index (χ4n) is 2.18. The molecule has 118 valence electrons. The molecule has 2 aromatic rings. The predicted octanol–water partition coefficient (Wildman–Crippen LogP) is 4.29. The standard InChI is InChI=1S/C17H23ClN4/c1-4-5-10-22(3)17-11-16(20-13(2)21-17)19-12-14-8-6-7-9-15(14)18/h6-9,11H,4-5,10,12H2,1-3H3,(H,19,20,21). The molecule has 1 heterocycles. The van der Waals surface area contributed by atoms with Gasteiger partial charge in [0.15, 0.2) is 0 Å². The molecule has 0 amide bonds. The number of halogens is 1. The second-order valence-corrected chi connectivity index (χ2v) is 5.79. The van der Waals surface area contributed by atoms with E-state index in [1.165, 1.54) is 6.42 Å². The summed E-state index contributed by atoms with van der Waals surface area (Å²) in [6.07, 6.45) is 2.33. The predicted molar refractivity (Wildman–Crippen MR) is 93.7 cm³/mol. The summed E-state index contributed by atoms with van der Waals surface area (Å²) in [6, 6.07) is 9.81. The van der Waals surface area contributed by atoms with Gasteiger partial charge in [0.25, 0.3) is 0 Å². The number of hydrogen-bond acceptors (Lipinski definition) is 4. The van der Waals surface area contributed by atoms with Crippen LogP contribution in [0.15, 0.2) is 30.3 Å². The van der Waals surface area contributed by atoms with Crippen molar-refractivity contribution in [2.45, 2.75) is 33.2 Å². The summed E-state index contributed by atoms with van der Waals surface area (Å²) in [4.78, 5) is 11.1. The molecule has 1 aromatic heterocycles. The fraction of sp³-hybridized carbons (Fsp3) is 0.412.